The largest absolute Gasteiger partial charge is 0.496 e. The van der Waals surface area contributed by atoms with Crippen molar-refractivity contribution in [2.24, 2.45) is 0 Å². The molecule has 0 atom stereocenters. The minimum absolute atomic E-state index is 0.145. The average molecular weight is 368 g/mol. The van der Waals surface area contributed by atoms with Gasteiger partial charge in [0.25, 0.3) is 0 Å². The lowest BCUT2D eigenvalue weighted by molar-refractivity contribution is -0.158. The van der Waals surface area contributed by atoms with Crippen LogP contribution in [0.15, 0.2) is 47.3 Å². The van der Waals surface area contributed by atoms with Gasteiger partial charge in [-0.05, 0) is 11.6 Å². The van der Waals surface area contributed by atoms with E-state index >= 15 is 0 Å². The Hall–Kier alpha value is -3.36. The summed E-state index contributed by atoms with van der Waals surface area (Å²) < 4.78 is 49.4. The highest BCUT2D eigenvalue weighted by Gasteiger charge is 2.36. The predicted molar refractivity (Wildman–Crippen MR) is 83.0 cm³/mol. The SMILES string of the molecule is COc1cc(OC(=O)C(=O)O)cc(C(F)(F)F)c(=O)c1-c1ccccc1. The van der Waals surface area contributed by atoms with Crippen molar-refractivity contribution in [2.75, 3.05) is 7.11 Å². The summed E-state index contributed by atoms with van der Waals surface area (Å²) in [4.78, 5) is 34.3. The van der Waals surface area contributed by atoms with Crippen LogP contribution in [0.4, 0.5) is 13.2 Å². The topological polar surface area (TPSA) is 89.9 Å². The fourth-order valence-electron chi connectivity index (χ4n) is 2.16. The minimum Gasteiger partial charge on any atom is -0.496 e. The molecule has 0 aliphatic carbocycles. The number of carboxylic acid groups (broad SMARTS) is 1. The number of rotatable bonds is 3. The molecule has 1 N–H and O–H groups in total. The number of alkyl halides is 3. The molecule has 2 aromatic rings. The van der Waals surface area contributed by atoms with Gasteiger partial charge in [0.05, 0.1) is 12.7 Å². The molecule has 0 heterocycles. The van der Waals surface area contributed by atoms with E-state index in [9.17, 15) is 27.6 Å². The molecular weight excluding hydrogens is 357 g/mol. The molecule has 0 spiro atoms. The Balaban J connectivity index is 2.85. The first-order valence-electron chi connectivity index (χ1n) is 6.99. The second-order valence-electron chi connectivity index (χ2n) is 4.94. The van der Waals surface area contributed by atoms with E-state index in [0.29, 0.717) is 0 Å². The Morgan fingerprint density at radius 2 is 1.69 bits per heavy atom. The molecule has 0 aromatic heterocycles. The smallest absolute Gasteiger partial charge is 0.422 e. The number of hydrogen-bond acceptors (Lipinski definition) is 5. The zero-order valence-electron chi connectivity index (χ0n) is 13.2. The van der Waals surface area contributed by atoms with Crippen molar-refractivity contribution < 1.29 is 37.3 Å². The molecule has 0 saturated carbocycles. The van der Waals surface area contributed by atoms with Crippen LogP contribution in [0.1, 0.15) is 5.56 Å². The van der Waals surface area contributed by atoms with Crippen LogP contribution in [0.3, 0.4) is 0 Å². The Bertz CT molecular complexity index is 907. The number of halogens is 3. The van der Waals surface area contributed by atoms with Crippen LogP contribution in [0.5, 0.6) is 11.5 Å². The Morgan fingerprint density at radius 1 is 1.08 bits per heavy atom. The van der Waals surface area contributed by atoms with Crippen LogP contribution in [0.25, 0.3) is 11.1 Å². The van der Waals surface area contributed by atoms with Crippen LogP contribution < -0.4 is 14.9 Å². The van der Waals surface area contributed by atoms with Gasteiger partial charge in [0.15, 0.2) is 0 Å². The first-order chi connectivity index (χ1) is 12.1. The number of carbonyl (C=O) groups is 2. The van der Waals surface area contributed by atoms with Gasteiger partial charge >= 0.3 is 18.1 Å². The summed E-state index contributed by atoms with van der Waals surface area (Å²) in [7, 11) is 1.11. The lowest BCUT2D eigenvalue weighted by atomic mass is 10.0. The summed E-state index contributed by atoms with van der Waals surface area (Å²) in [5.41, 5.74) is -3.30. The first-order valence-corrected chi connectivity index (χ1v) is 6.99. The summed E-state index contributed by atoms with van der Waals surface area (Å²) in [6.07, 6.45) is -5.07. The van der Waals surface area contributed by atoms with Crippen molar-refractivity contribution in [1.29, 1.82) is 0 Å². The molecule has 0 fully saturated rings. The van der Waals surface area contributed by atoms with E-state index in [1.54, 1.807) is 6.07 Å². The lowest BCUT2D eigenvalue weighted by Gasteiger charge is -2.07. The standard InChI is InChI=1S/C17H11F3O6/c1-25-12-8-10(26-16(24)15(22)23)7-11(17(18,19)20)14(21)13(12)9-5-3-2-4-6-9/h2-8H,1H3,(H,22,23). The third-order valence-electron chi connectivity index (χ3n) is 3.25. The number of benzene rings is 1. The molecule has 0 bridgehead atoms. The summed E-state index contributed by atoms with van der Waals surface area (Å²) in [5, 5.41) is 8.56. The van der Waals surface area contributed by atoms with Gasteiger partial charge in [0, 0.05) is 6.07 Å². The van der Waals surface area contributed by atoms with Gasteiger partial charge in [0.1, 0.15) is 17.1 Å². The molecule has 0 unspecified atom stereocenters. The van der Waals surface area contributed by atoms with Crippen LogP contribution in [0.2, 0.25) is 0 Å². The summed E-state index contributed by atoms with van der Waals surface area (Å²) in [6.45, 7) is 0. The molecule has 0 aliphatic heterocycles. The number of hydrogen-bond donors (Lipinski definition) is 1. The number of esters is 1. The van der Waals surface area contributed by atoms with Crippen LogP contribution in [0, 0.1) is 0 Å². The normalized spacial score (nSPS) is 10.9. The summed E-state index contributed by atoms with van der Waals surface area (Å²) >= 11 is 0. The molecule has 26 heavy (non-hydrogen) atoms. The van der Waals surface area contributed by atoms with Gasteiger partial charge in [-0.3, -0.25) is 4.79 Å². The van der Waals surface area contributed by atoms with Crippen molar-refractivity contribution in [3.8, 4) is 22.6 Å². The van der Waals surface area contributed by atoms with E-state index < -0.39 is 40.4 Å². The first kappa shape index (κ1) is 19.0. The van der Waals surface area contributed by atoms with E-state index in [0.717, 1.165) is 13.2 Å². The number of carboxylic acids is 1. The quantitative estimate of drug-likeness (QED) is 0.662. The molecule has 0 radical (unpaired) electrons. The third kappa shape index (κ3) is 4.00. The summed E-state index contributed by atoms with van der Waals surface area (Å²) in [5.74, 6) is -4.92. The van der Waals surface area contributed by atoms with Crippen LogP contribution >= 0.6 is 0 Å². The van der Waals surface area contributed by atoms with Gasteiger partial charge < -0.3 is 14.6 Å². The van der Waals surface area contributed by atoms with Crippen molar-refractivity contribution in [3.05, 3.63) is 58.3 Å². The molecule has 2 rings (SSSR count). The molecule has 0 saturated heterocycles. The van der Waals surface area contributed by atoms with E-state index in [1.807, 2.05) is 0 Å². The van der Waals surface area contributed by atoms with E-state index in [1.165, 1.54) is 24.3 Å². The second kappa shape index (κ2) is 7.26. The maximum atomic E-state index is 13.3. The van der Waals surface area contributed by atoms with Gasteiger partial charge in [0.2, 0.25) is 5.43 Å². The van der Waals surface area contributed by atoms with Gasteiger partial charge in [-0.2, -0.15) is 13.2 Å². The Morgan fingerprint density at radius 3 is 2.19 bits per heavy atom. The fourth-order valence-corrected chi connectivity index (χ4v) is 2.16. The maximum absolute atomic E-state index is 13.3. The van der Waals surface area contributed by atoms with E-state index in [4.69, 9.17) is 9.84 Å². The molecule has 2 aromatic carbocycles. The molecule has 6 nitrogen and oxygen atoms in total. The molecule has 0 aliphatic rings. The minimum atomic E-state index is -5.07. The fraction of sp³-hybridized carbons (Fsp3) is 0.118. The average Bonchev–Trinajstić information content (AvgIpc) is 2.71. The molecule has 0 amide bonds. The molecular formula is C17H11F3O6. The number of aliphatic carboxylic acids is 1. The highest BCUT2D eigenvalue weighted by Crippen LogP contribution is 2.35. The van der Waals surface area contributed by atoms with Gasteiger partial charge in [-0.25, -0.2) is 9.59 Å². The van der Waals surface area contributed by atoms with Crippen molar-refractivity contribution in [1.82, 2.24) is 0 Å². The zero-order valence-corrected chi connectivity index (χ0v) is 13.2. The lowest BCUT2D eigenvalue weighted by Crippen LogP contribution is -2.20. The maximum Gasteiger partial charge on any atom is 0.422 e. The van der Waals surface area contributed by atoms with Gasteiger partial charge in [-0.1, -0.05) is 30.3 Å². The monoisotopic (exact) mass is 368 g/mol. The van der Waals surface area contributed by atoms with Gasteiger partial charge in [-0.15, -0.1) is 0 Å². The Kier molecular flexibility index (Phi) is 5.30. The van der Waals surface area contributed by atoms with E-state index in [2.05, 4.69) is 4.74 Å². The number of methoxy groups -OCH3 is 1. The van der Waals surface area contributed by atoms with Crippen molar-refractivity contribution in [2.45, 2.75) is 6.18 Å². The Labute approximate surface area is 144 Å². The summed E-state index contributed by atoms with van der Waals surface area (Å²) in [6, 6.07) is 8.55. The second-order valence-corrected chi connectivity index (χ2v) is 4.94. The van der Waals surface area contributed by atoms with Crippen molar-refractivity contribution >= 4 is 11.9 Å². The molecule has 136 valence electrons. The zero-order chi connectivity index (χ0) is 19.5. The third-order valence-corrected chi connectivity index (χ3v) is 3.25. The number of carbonyl (C=O) groups excluding carboxylic acids is 1. The van der Waals surface area contributed by atoms with Crippen molar-refractivity contribution in [3.63, 3.8) is 0 Å². The predicted octanol–water partition coefficient (Wildman–Crippen LogP) is 2.73. The van der Waals surface area contributed by atoms with Crippen LogP contribution in [-0.4, -0.2) is 24.2 Å². The van der Waals surface area contributed by atoms with Crippen LogP contribution in [-0.2, 0) is 15.8 Å². The highest BCUT2D eigenvalue weighted by atomic mass is 19.4. The van der Waals surface area contributed by atoms with E-state index in [-0.39, 0.29) is 17.4 Å². The molecule has 9 heteroatoms. The number of ether oxygens (including phenoxy) is 2. The highest BCUT2D eigenvalue weighted by molar-refractivity contribution is 6.29.